The minimum absolute atomic E-state index is 0. The Labute approximate surface area is 524 Å². The summed E-state index contributed by atoms with van der Waals surface area (Å²) < 4.78 is 0. The number of aryl methyl sites for hydroxylation is 3. The molecule has 3 rings (SSSR count). The number of carbonyl (C=O) groups is 6. The first-order valence-electron chi connectivity index (χ1n) is 22.3. The number of thioether (sulfide) groups is 3. The zero-order valence-electron chi connectivity index (χ0n) is 44.8. The van der Waals surface area contributed by atoms with Gasteiger partial charge in [0, 0.05) is 92.4 Å². The second-order valence-corrected chi connectivity index (χ2v) is 17.7. The van der Waals surface area contributed by atoms with Crippen molar-refractivity contribution in [3.63, 3.8) is 0 Å². The maximum absolute atomic E-state index is 9.63. The van der Waals surface area contributed by atoms with E-state index >= 15 is 0 Å². The molecular weight excluding hydrogens is 1560 g/mol. The zero-order valence-corrected chi connectivity index (χ0v) is 54.2. The maximum atomic E-state index is 9.63. The van der Waals surface area contributed by atoms with Gasteiger partial charge in [0.05, 0.1) is 71.9 Å². The molecular formula is C42H60Bi2N18O18S3. The third kappa shape index (κ3) is 41.9. The van der Waals surface area contributed by atoms with Crippen molar-refractivity contribution in [3.8, 4) is 18.6 Å². The average Bonchev–Trinajstić information content (AvgIpc) is 4.18. The van der Waals surface area contributed by atoms with Crippen molar-refractivity contribution in [2.45, 2.75) is 74.7 Å². The van der Waals surface area contributed by atoms with Gasteiger partial charge in [-0.25, -0.2) is 15.0 Å². The molecule has 41 heteroatoms. The summed E-state index contributed by atoms with van der Waals surface area (Å²) in [5.41, 5.74) is 6.63. The molecule has 3 heterocycles. The smallest absolute Gasteiger partial charge is 0.547 e. The summed E-state index contributed by atoms with van der Waals surface area (Å²) in [7, 11) is 4.90. The molecule has 0 aliphatic carbocycles. The Morgan fingerprint density at radius 2 is 0.663 bits per heavy atom. The quantitative estimate of drug-likeness (QED) is 0.00989. The van der Waals surface area contributed by atoms with Crippen molar-refractivity contribution < 1.29 is 90.0 Å². The standard InChI is InChI=1S/3C10H16N6S.3C4H6O6.2Bi/c3*1-8-9(16-7-15-8)5-17-4-3-13-10(12-2)14-6-11;3*5-1(3(7)8)2(6)4(9)10;;/h3*7H,3-5H2,1-2H3,(H,15,16)(H2,12,13,14);3*1-2,5-6H,(H,7,8)(H,9,10);;/q;;;;;;2*+3/p-6/t;;;3*1-,2-;;/m...111../s1. The molecule has 36 nitrogen and oxygen atoms in total. The van der Waals surface area contributed by atoms with E-state index < -0.39 is 72.4 Å². The number of H-pyrrole nitrogens is 3. The van der Waals surface area contributed by atoms with Crippen LogP contribution in [0.15, 0.2) is 34.0 Å². The van der Waals surface area contributed by atoms with E-state index in [2.05, 4.69) is 76.8 Å². The number of carboxylic acid groups (broad SMARTS) is 6. The van der Waals surface area contributed by atoms with Gasteiger partial charge in [-0.15, -0.1) is 0 Å². The molecule has 83 heavy (non-hydrogen) atoms. The minimum atomic E-state index is -2.44. The Balaban J connectivity index is -0.000000297. The van der Waals surface area contributed by atoms with Crippen molar-refractivity contribution in [1.29, 1.82) is 15.8 Å². The third-order valence-electron chi connectivity index (χ3n) is 8.68. The predicted octanol–water partition coefficient (Wildman–Crippen LogP) is -13.3. The summed E-state index contributed by atoms with van der Waals surface area (Å²) in [5, 5.41) is 149. The van der Waals surface area contributed by atoms with Gasteiger partial charge in [0.1, 0.15) is 36.6 Å². The number of carboxylic acids is 6. The number of hydrogen-bond donors (Lipinski definition) is 15. The first-order chi connectivity index (χ1) is 38.2. The molecule has 15 N–H and O–H groups in total. The van der Waals surface area contributed by atoms with Crippen LogP contribution in [0.4, 0.5) is 0 Å². The van der Waals surface area contributed by atoms with E-state index in [1.165, 1.54) is 0 Å². The second-order valence-electron chi connectivity index (χ2n) is 14.4. The molecule has 0 aromatic carbocycles. The van der Waals surface area contributed by atoms with Crippen LogP contribution in [0.3, 0.4) is 0 Å². The van der Waals surface area contributed by atoms with Crippen LogP contribution in [-0.4, -0.2) is 261 Å². The third-order valence-corrected chi connectivity index (χ3v) is 11.6. The molecule has 0 unspecified atom stereocenters. The van der Waals surface area contributed by atoms with E-state index in [0.29, 0.717) is 17.9 Å². The van der Waals surface area contributed by atoms with Gasteiger partial charge in [-0.2, -0.15) is 51.1 Å². The zero-order chi connectivity index (χ0) is 62.5. The molecule has 0 spiro atoms. The summed E-state index contributed by atoms with van der Waals surface area (Å²) in [6.07, 6.45) is -4.03. The molecule has 454 valence electrons. The van der Waals surface area contributed by atoms with E-state index in [0.717, 1.165) is 88.3 Å². The van der Waals surface area contributed by atoms with Crippen molar-refractivity contribution in [1.82, 2.24) is 61.8 Å². The summed E-state index contributed by atoms with van der Waals surface area (Å²) >= 11 is 5.36. The van der Waals surface area contributed by atoms with Crippen molar-refractivity contribution >= 4 is 141 Å². The number of aliphatic carboxylic acids is 6. The van der Waals surface area contributed by atoms with Crippen molar-refractivity contribution in [2.75, 3.05) is 58.0 Å². The fourth-order valence-corrected chi connectivity index (χ4v) is 6.92. The van der Waals surface area contributed by atoms with Gasteiger partial charge in [0.15, 0.2) is 18.6 Å². The molecule has 0 saturated carbocycles. The normalized spacial score (nSPS) is 12.5. The second kappa shape index (κ2) is 52.1. The first kappa shape index (κ1) is 85.1. The van der Waals surface area contributed by atoms with Crippen LogP contribution in [0.2, 0.25) is 0 Å². The van der Waals surface area contributed by atoms with E-state index in [1.54, 1.807) is 75.4 Å². The Bertz CT molecular complexity index is 2250. The average molecular weight is 1620 g/mol. The topological polar surface area (TPSA) is 629 Å². The van der Waals surface area contributed by atoms with E-state index in [4.69, 9.17) is 46.4 Å². The number of aliphatic hydroxyl groups is 6. The molecule has 0 saturated heterocycles. The van der Waals surface area contributed by atoms with Crippen LogP contribution >= 0.6 is 35.3 Å². The number of aromatic nitrogens is 6. The van der Waals surface area contributed by atoms with Crippen molar-refractivity contribution in [2.24, 2.45) is 15.0 Å². The molecule has 0 bridgehead atoms. The maximum Gasteiger partial charge on any atom is 3.00 e. The number of nitrogens with zero attached hydrogens (tertiary/aromatic N) is 9. The number of aromatic amines is 3. The fourth-order valence-electron chi connectivity index (χ4n) is 4.30. The van der Waals surface area contributed by atoms with Crippen LogP contribution < -0.4 is 62.5 Å². The van der Waals surface area contributed by atoms with Gasteiger partial charge in [-0.05, 0) is 20.8 Å². The number of aliphatic hydroxyl groups excluding tert-OH is 6. The van der Waals surface area contributed by atoms with Gasteiger partial charge in [-0.1, -0.05) is 0 Å². The molecule has 6 atom stereocenters. The van der Waals surface area contributed by atoms with Crippen LogP contribution in [0.1, 0.15) is 34.2 Å². The molecule has 0 aliphatic rings. The number of aliphatic imine (C=N–C) groups is 3. The number of hydrogen-bond acceptors (Lipinski definition) is 30. The van der Waals surface area contributed by atoms with Gasteiger partial charge in [0.2, 0.25) is 17.9 Å². The summed E-state index contributed by atoms with van der Waals surface area (Å²) in [6.45, 7) is 8.32. The molecule has 3 aromatic rings. The van der Waals surface area contributed by atoms with Crippen LogP contribution in [-0.2, 0) is 46.0 Å². The number of imidazole rings is 3. The number of nitrogens with one attached hydrogen (secondary N) is 9. The van der Waals surface area contributed by atoms with Crippen LogP contribution in [0.5, 0.6) is 0 Å². The van der Waals surface area contributed by atoms with E-state index in [1.807, 2.05) is 39.4 Å². The summed E-state index contributed by atoms with van der Waals surface area (Å²) in [5.74, 6) is -5.38. The van der Waals surface area contributed by atoms with Gasteiger partial charge in [0.25, 0.3) is 0 Å². The first-order valence-corrected chi connectivity index (χ1v) is 25.8. The largest absolute Gasteiger partial charge is 3.00 e. The Hall–Kier alpha value is -6.69. The van der Waals surface area contributed by atoms with Crippen LogP contribution in [0.25, 0.3) is 0 Å². The monoisotopic (exact) mass is 1620 g/mol. The number of carbonyl (C=O) groups excluding carboxylic acids is 6. The fraction of sp³-hybridized carbons (Fsp3) is 0.500. The number of rotatable bonds is 24. The Morgan fingerprint density at radius 1 is 0.470 bits per heavy atom. The van der Waals surface area contributed by atoms with Gasteiger partial charge >= 0.3 is 52.4 Å². The SMILES string of the molecule is CN=C(NC#N)NCCSCc1nc[nH]c1C.CN=C(NC#N)NCCSCc1nc[nH]c1C.CN=C(NC#N)NCCSCc1nc[nH]c1C.O=C([O-])[C@H](O)[C@@H](O)C(=O)[O-].O=C([O-])[C@H](O)[C@@H](O)C(=O)[O-].O=C([O-])[C@H](O)[C@@H](O)C(=O)[O-].[Bi+3].[Bi+3]. The van der Waals surface area contributed by atoms with E-state index in [-0.39, 0.29) is 52.4 Å². The Kier molecular flexibility index (Phi) is 53.5. The molecule has 0 amide bonds. The molecule has 4 radical (unpaired) electrons. The molecule has 0 aliphatic heterocycles. The summed E-state index contributed by atoms with van der Waals surface area (Å²) in [4.78, 5) is 91.3. The minimum Gasteiger partial charge on any atom is -0.547 e. The molecule has 0 fully saturated rings. The number of nitriles is 3. The molecule has 3 aromatic heterocycles. The summed E-state index contributed by atoms with van der Waals surface area (Å²) in [6, 6.07) is 0. The van der Waals surface area contributed by atoms with Gasteiger partial charge < -0.3 is 121 Å². The predicted molar refractivity (Wildman–Crippen MR) is 286 cm³/mol. The Morgan fingerprint density at radius 3 is 0.795 bits per heavy atom. The van der Waals surface area contributed by atoms with E-state index in [9.17, 15) is 59.4 Å². The van der Waals surface area contributed by atoms with Crippen LogP contribution in [0, 0.1) is 55.1 Å². The van der Waals surface area contributed by atoms with Crippen molar-refractivity contribution in [3.05, 3.63) is 53.1 Å². The van der Waals surface area contributed by atoms with Gasteiger partial charge in [-0.3, -0.25) is 30.9 Å². The number of guanidine groups is 3.